The van der Waals surface area contributed by atoms with E-state index >= 15 is 0 Å². The Morgan fingerprint density at radius 3 is 2.62 bits per heavy atom. The number of carbonyl (C=O) groups excluding carboxylic acids is 1. The number of nitrogens with one attached hydrogen (secondary N) is 1. The molecule has 0 saturated heterocycles. The van der Waals surface area contributed by atoms with Gasteiger partial charge in [0.2, 0.25) is 5.91 Å². The Labute approximate surface area is 101 Å². The quantitative estimate of drug-likeness (QED) is 0.786. The molecule has 5 heteroatoms. The number of nitrogens with two attached hydrogens (primary N) is 1. The van der Waals surface area contributed by atoms with Crippen LogP contribution in [0.25, 0.3) is 0 Å². The lowest BCUT2D eigenvalue weighted by Crippen LogP contribution is -2.48. The molecule has 0 fully saturated rings. The molecule has 3 unspecified atom stereocenters. The van der Waals surface area contributed by atoms with Crippen molar-refractivity contribution in [1.82, 2.24) is 5.32 Å². The first kappa shape index (κ1) is 13.4. The highest BCUT2D eigenvalue weighted by atomic mass is 32.2. The molecule has 0 aliphatic carbocycles. The summed E-state index contributed by atoms with van der Waals surface area (Å²) < 4.78 is 0. The summed E-state index contributed by atoms with van der Waals surface area (Å²) in [5, 5.41) is 4.54. The van der Waals surface area contributed by atoms with Crippen LogP contribution in [-0.2, 0) is 4.79 Å². The predicted octanol–water partition coefficient (Wildman–Crippen LogP) is 1.36. The summed E-state index contributed by atoms with van der Waals surface area (Å²) in [6, 6.07) is -0.0109. The van der Waals surface area contributed by atoms with Crippen molar-refractivity contribution in [3.63, 3.8) is 0 Å². The van der Waals surface area contributed by atoms with E-state index in [1.165, 1.54) is 0 Å². The molecule has 0 aromatic heterocycles. The van der Waals surface area contributed by atoms with Crippen LogP contribution in [0.2, 0.25) is 0 Å². The second kappa shape index (κ2) is 5.57. The van der Waals surface area contributed by atoms with E-state index in [1.54, 1.807) is 11.8 Å². The van der Waals surface area contributed by atoms with Crippen molar-refractivity contribution in [1.29, 1.82) is 0 Å². The van der Waals surface area contributed by atoms with Gasteiger partial charge in [-0.15, -0.1) is 0 Å². The zero-order valence-electron chi connectivity index (χ0n) is 10.4. The number of amidine groups is 1. The molecule has 0 bridgehead atoms. The lowest BCUT2D eigenvalue weighted by atomic mass is 10.0. The summed E-state index contributed by atoms with van der Waals surface area (Å²) in [6.07, 6.45) is 1.08. The standard InChI is InChI=1S/C11H21N3OS/c1-6(2)9(10(12)15)14-11-13-7(3)5-8(4)16-11/h6-9H,5H2,1-4H3,(H2,12,15)(H,13,14). The minimum absolute atomic E-state index is 0.174. The molecule has 1 rings (SSSR count). The zero-order valence-corrected chi connectivity index (χ0v) is 11.2. The molecule has 0 aromatic rings. The summed E-state index contributed by atoms with van der Waals surface area (Å²) in [6.45, 7) is 8.21. The number of amides is 1. The van der Waals surface area contributed by atoms with Crippen LogP contribution in [0.1, 0.15) is 34.1 Å². The van der Waals surface area contributed by atoms with Crippen LogP contribution in [-0.4, -0.2) is 28.4 Å². The van der Waals surface area contributed by atoms with Gasteiger partial charge in [0.15, 0.2) is 5.17 Å². The first-order valence-corrected chi connectivity index (χ1v) is 6.58. The molecule has 1 aliphatic rings. The largest absolute Gasteiger partial charge is 0.368 e. The summed E-state index contributed by atoms with van der Waals surface area (Å²) in [7, 11) is 0. The summed E-state index contributed by atoms with van der Waals surface area (Å²) in [4.78, 5) is 15.8. The minimum Gasteiger partial charge on any atom is -0.368 e. The summed E-state index contributed by atoms with van der Waals surface area (Å²) >= 11 is 1.68. The van der Waals surface area contributed by atoms with Gasteiger partial charge in [-0.25, -0.2) is 0 Å². The van der Waals surface area contributed by atoms with Crippen LogP contribution in [0, 0.1) is 5.92 Å². The molecule has 3 atom stereocenters. The average Bonchev–Trinajstić information content (AvgIpc) is 2.11. The van der Waals surface area contributed by atoms with Crippen LogP contribution >= 0.6 is 11.8 Å². The van der Waals surface area contributed by atoms with E-state index in [2.05, 4.69) is 24.2 Å². The van der Waals surface area contributed by atoms with Crippen molar-refractivity contribution < 1.29 is 4.79 Å². The molecule has 16 heavy (non-hydrogen) atoms. The fourth-order valence-corrected chi connectivity index (χ4v) is 2.96. The Kier molecular flexibility index (Phi) is 4.65. The van der Waals surface area contributed by atoms with Gasteiger partial charge < -0.3 is 11.1 Å². The molecule has 0 radical (unpaired) electrons. The average molecular weight is 243 g/mol. The van der Waals surface area contributed by atoms with Gasteiger partial charge in [-0.1, -0.05) is 32.5 Å². The van der Waals surface area contributed by atoms with Crippen molar-refractivity contribution in [3.8, 4) is 0 Å². The van der Waals surface area contributed by atoms with E-state index in [0.717, 1.165) is 11.6 Å². The fraction of sp³-hybridized carbons (Fsp3) is 0.818. The molecule has 1 heterocycles. The third-order valence-electron chi connectivity index (χ3n) is 2.58. The molecule has 4 nitrogen and oxygen atoms in total. The Hall–Kier alpha value is -0.710. The van der Waals surface area contributed by atoms with Crippen molar-refractivity contribution >= 4 is 22.8 Å². The van der Waals surface area contributed by atoms with E-state index < -0.39 is 0 Å². The molecule has 3 N–H and O–H groups in total. The smallest absolute Gasteiger partial charge is 0.240 e. The number of hydrogen-bond acceptors (Lipinski definition) is 4. The molecule has 1 amide bonds. The molecular formula is C11H21N3OS. The molecule has 0 spiro atoms. The van der Waals surface area contributed by atoms with Gasteiger partial charge in [0.1, 0.15) is 6.04 Å². The number of carbonyl (C=O) groups is 1. The third kappa shape index (κ3) is 3.70. The van der Waals surface area contributed by atoms with Gasteiger partial charge in [0, 0.05) is 5.25 Å². The van der Waals surface area contributed by atoms with Crippen LogP contribution in [0.15, 0.2) is 4.99 Å². The Bertz CT molecular complexity index is 291. The van der Waals surface area contributed by atoms with Crippen molar-refractivity contribution in [3.05, 3.63) is 0 Å². The van der Waals surface area contributed by atoms with Gasteiger partial charge in [-0.2, -0.15) is 0 Å². The summed E-state index contributed by atoms with van der Waals surface area (Å²) in [5.74, 6) is -0.141. The number of primary amides is 1. The first-order valence-electron chi connectivity index (χ1n) is 5.70. The lowest BCUT2D eigenvalue weighted by molar-refractivity contribution is -0.120. The van der Waals surface area contributed by atoms with E-state index in [-0.39, 0.29) is 17.9 Å². The Balaban J connectivity index is 2.68. The van der Waals surface area contributed by atoms with Gasteiger partial charge in [0.05, 0.1) is 6.04 Å². The minimum atomic E-state index is -0.330. The predicted molar refractivity (Wildman–Crippen MR) is 69.5 cm³/mol. The maximum Gasteiger partial charge on any atom is 0.240 e. The molecule has 92 valence electrons. The highest BCUT2D eigenvalue weighted by molar-refractivity contribution is 8.14. The van der Waals surface area contributed by atoms with E-state index in [4.69, 9.17) is 5.73 Å². The lowest BCUT2D eigenvalue weighted by Gasteiger charge is -2.27. The van der Waals surface area contributed by atoms with Gasteiger partial charge in [0.25, 0.3) is 0 Å². The van der Waals surface area contributed by atoms with E-state index in [1.807, 2.05) is 13.8 Å². The maximum atomic E-state index is 11.3. The Morgan fingerprint density at radius 1 is 1.56 bits per heavy atom. The van der Waals surface area contributed by atoms with Crippen LogP contribution < -0.4 is 11.1 Å². The number of thioether (sulfide) groups is 1. The molecular weight excluding hydrogens is 222 g/mol. The van der Waals surface area contributed by atoms with Crippen molar-refractivity contribution in [2.45, 2.75) is 51.4 Å². The zero-order chi connectivity index (χ0) is 12.3. The van der Waals surface area contributed by atoms with Crippen molar-refractivity contribution in [2.75, 3.05) is 0 Å². The Morgan fingerprint density at radius 2 is 2.19 bits per heavy atom. The molecule has 0 aromatic carbocycles. The maximum absolute atomic E-state index is 11.3. The third-order valence-corrected chi connectivity index (χ3v) is 3.62. The highest BCUT2D eigenvalue weighted by Gasteiger charge is 2.24. The van der Waals surface area contributed by atoms with Gasteiger partial charge >= 0.3 is 0 Å². The molecule has 1 aliphatic heterocycles. The number of nitrogens with zero attached hydrogens (tertiary/aromatic N) is 1. The van der Waals surface area contributed by atoms with Crippen LogP contribution in [0.5, 0.6) is 0 Å². The van der Waals surface area contributed by atoms with E-state index in [0.29, 0.717) is 11.3 Å². The van der Waals surface area contributed by atoms with Crippen molar-refractivity contribution in [2.24, 2.45) is 16.6 Å². The second-order valence-electron chi connectivity index (χ2n) is 4.72. The molecule has 0 saturated carbocycles. The first-order chi connectivity index (χ1) is 7.40. The highest BCUT2D eigenvalue weighted by Crippen LogP contribution is 2.24. The number of hydrogen-bond donors (Lipinski definition) is 2. The number of rotatable bonds is 3. The SMILES string of the molecule is CC1CC(C)SC(NC(C(N)=O)C(C)C)=N1. The monoisotopic (exact) mass is 243 g/mol. The van der Waals surface area contributed by atoms with Crippen LogP contribution in [0.4, 0.5) is 0 Å². The second-order valence-corrected chi connectivity index (χ2v) is 6.14. The number of aliphatic imine (C=N–C) groups is 1. The van der Waals surface area contributed by atoms with Crippen LogP contribution in [0.3, 0.4) is 0 Å². The van der Waals surface area contributed by atoms with Gasteiger partial charge in [-0.05, 0) is 19.3 Å². The van der Waals surface area contributed by atoms with E-state index in [9.17, 15) is 4.79 Å². The summed E-state index contributed by atoms with van der Waals surface area (Å²) in [5.41, 5.74) is 5.36. The fourth-order valence-electron chi connectivity index (χ4n) is 1.77. The normalized spacial score (nSPS) is 27.4. The van der Waals surface area contributed by atoms with Gasteiger partial charge in [-0.3, -0.25) is 9.79 Å². The topological polar surface area (TPSA) is 67.5 Å².